The van der Waals surface area contributed by atoms with Crippen LogP contribution in [0.3, 0.4) is 0 Å². The van der Waals surface area contributed by atoms with Gasteiger partial charge in [-0.3, -0.25) is 9.13 Å². The lowest BCUT2D eigenvalue weighted by Gasteiger charge is -2.12. The molecule has 8 nitrogen and oxygen atoms in total. The molecule has 0 saturated heterocycles. The molecule has 7 aromatic heterocycles. The van der Waals surface area contributed by atoms with Crippen molar-refractivity contribution in [2.45, 2.75) is 0 Å². The molecule has 17 aromatic carbocycles. The van der Waals surface area contributed by atoms with Gasteiger partial charge in [-0.05, 0) is 165 Å². The SMILES string of the molecule is c1ccc(-c2cc(-c3ccccc3)nc(-n3c4ccccc4c4cc(-c5ccc6c(c5)c5ccccc5n6-c5ccc6c(ccc7ccccc76)c5)ccc43)n2)cc1.c1ccc(-c2cc(-c3ccccc3)nc(-n3c4ccccc4c4cc(-c5ccc6c(c5)c5ccccc5n6-c5ccc6sc7ccccc7c6c5)ccc43)n2)cc1. The van der Waals surface area contributed by atoms with E-state index in [9.17, 15) is 0 Å². The Morgan fingerprint density at radius 2 is 0.470 bits per heavy atom. The van der Waals surface area contributed by atoms with Crippen molar-refractivity contribution >= 4 is 140 Å². The molecule has 0 fully saturated rings. The quantitative estimate of drug-likeness (QED) is 0.128. The summed E-state index contributed by atoms with van der Waals surface area (Å²) in [6, 6.07) is 143. The highest BCUT2D eigenvalue weighted by Crippen LogP contribution is 2.44. The summed E-state index contributed by atoms with van der Waals surface area (Å²) in [5.41, 5.74) is 23.8. The largest absolute Gasteiger partial charge is 0.309 e. The number of hydrogen-bond acceptors (Lipinski definition) is 5. The summed E-state index contributed by atoms with van der Waals surface area (Å²) in [4.78, 5) is 20.9. The van der Waals surface area contributed by atoms with Crippen molar-refractivity contribution in [3.05, 3.63) is 400 Å². The number of para-hydroxylation sites is 4. The molecule has 536 valence electrons. The topological polar surface area (TPSA) is 71.3 Å². The molecule has 0 N–H and O–H groups in total. The van der Waals surface area contributed by atoms with Gasteiger partial charge in [0.2, 0.25) is 11.9 Å². The van der Waals surface area contributed by atoms with Gasteiger partial charge in [0.1, 0.15) is 0 Å². The Balaban J connectivity index is 0.000000136. The summed E-state index contributed by atoms with van der Waals surface area (Å²) in [5.74, 6) is 1.30. The molecule has 0 aliphatic heterocycles. The van der Waals surface area contributed by atoms with Gasteiger partial charge in [-0.25, -0.2) is 19.9 Å². The summed E-state index contributed by atoms with van der Waals surface area (Å²) in [6.07, 6.45) is 0. The van der Waals surface area contributed by atoms with Crippen LogP contribution in [0.2, 0.25) is 0 Å². The van der Waals surface area contributed by atoms with E-state index in [-0.39, 0.29) is 0 Å². The van der Waals surface area contributed by atoms with Crippen LogP contribution in [0.25, 0.3) is 219 Å². The van der Waals surface area contributed by atoms with Crippen LogP contribution in [0.5, 0.6) is 0 Å². The molecule has 24 aromatic rings. The molecule has 115 heavy (non-hydrogen) atoms. The number of aromatic nitrogens is 8. The van der Waals surface area contributed by atoms with Gasteiger partial charge in [-0.1, -0.05) is 279 Å². The predicted octanol–water partition coefficient (Wildman–Crippen LogP) is 28.0. The van der Waals surface area contributed by atoms with Crippen molar-refractivity contribution in [3.63, 3.8) is 0 Å². The average Bonchev–Trinajstić information content (AvgIpc) is 1.59. The third kappa shape index (κ3) is 11.0. The number of fused-ring (bicyclic) bond motifs is 18. The Bertz CT molecular complexity index is 7920. The van der Waals surface area contributed by atoms with Gasteiger partial charge in [-0.15, -0.1) is 11.3 Å². The zero-order valence-corrected chi connectivity index (χ0v) is 62.9. The minimum atomic E-state index is 0.648. The van der Waals surface area contributed by atoms with E-state index >= 15 is 0 Å². The molecular weight excluding hydrogens is 1420 g/mol. The highest BCUT2D eigenvalue weighted by molar-refractivity contribution is 7.25. The van der Waals surface area contributed by atoms with Gasteiger partial charge in [0.25, 0.3) is 0 Å². The molecule has 0 bridgehead atoms. The Labute approximate surface area is 664 Å². The van der Waals surface area contributed by atoms with E-state index in [0.29, 0.717) is 11.9 Å². The third-order valence-electron chi connectivity index (χ3n) is 23.1. The highest BCUT2D eigenvalue weighted by atomic mass is 32.1. The number of thiophene rings is 1. The minimum Gasteiger partial charge on any atom is -0.309 e. The van der Waals surface area contributed by atoms with Crippen LogP contribution in [0.4, 0.5) is 0 Å². The van der Waals surface area contributed by atoms with Crippen LogP contribution in [-0.4, -0.2) is 38.2 Å². The predicted molar refractivity (Wildman–Crippen MR) is 482 cm³/mol. The number of rotatable bonds is 10. The molecule has 0 saturated carbocycles. The van der Waals surface area contributed by atoms with E-state index < -0.39 is 0 Å². The van der Waals surface area contributed by atoms with Crippen molar-refractivity contribution in [1.82, 2.24) is 38.2 Å². The fourth-order valence-corrected chi connectivity index (χ4v) is 18.8. The first-order chi connectivity index (χ1) is 57.0. The monoisotopic (exact) mass is 1480 g/mol. The van der Waals surface area contributed by atoms with Gasteiger partial charge in [0.05, 0.1) is 66.9 Å². The van der Waals surface area contributed by atoms with E-state index in [0.717, 1.165) is 94.5 Å². The molecule has 0 aliphatic rings. The molecular formula is C106H66N8S. The Morgan fingerprint density at radius 1 is 0.165 bits per heavy atom. The fourth-order valence-electron chi connectivity index (χ4n) is 17.7. The van der Waals surface area contributed by atoms with Gasteiger partial charge >= 0.3 is 0 Å². The second-order valence-electron chi connectivity index (χ2n) is 29.6. The zero-order chi connectivity index (χ0) is 75.6. The van der Waals surface area contributed by atoms with Gasteiger partial charge < -0.3 is 9.13 Å². The summed E-state index contributed by atoms with van der Waals surface area (Å²) in [6.45, 7) is 0. The van der Waals surface area contributed by atoms with Crippen LogP contribution in [-0.2, 0) is 0 Å². The van der Waals surface area contributed by atoms with Crippen LogP contribution < -0.4 is 0 Å². The first-order valence-corrected chi connectivity index (χ1v) is 39.8. The van der Waals surface area contributed by atoms with Crippen molar-refractivity contribution in [3.8, 4) is 90.6 Å². The fraction of sp³-hybridized carbons (Fsp3) is 0. The summed E-state index contributed by atoms with van der Waals surface area (Å²) in [7, 11) is 0. The maximum Gasteiger partial charge on any atom is 0.235 e. The van der Waals surface area contributed by atoms with Crippen molar-refractivity contribution < 1.29 is 0 Å². The zero-order valence-electron chi connectivity index (χ0n) is 62.1. The highest BCUT2D eigenvalue weighted by Gasteiger charge is 2.23. The van der Waals surface area contributed by atoms with Gasteiger partial charge in [-0.2, -0.15) is 0 Å². The second kappa shape index (κ2) is 26.8. The molecule has 0 aliphatic carbocycles. The Hall–Kier alpha value is -15.2. The third-order valence-corrected chi connectivity index (χ3v) is 24.2. The molecule has 0 amide bonds. The van der Waals surface area contributed by atoms with Gasteiger partial charge in [0, 0.05) is 96.9 Å². The van der Waals surface area contributed by atoms with E-state index in [4.69, 9.17) is 19.9 Å². The first-order valence-electron chi connectivity index (χ1n) is 39.0. The van der Waals surface area contributed by atoms with Gasteiger partial charge in [0.15, 0.2) is 0 Å². The van der Waals surface area contributed by atoms with E-state index in [1.54, 1.807) is 0 Å². The summed E-state index contributed by atoms with van der Waals surface area (Å²) < 4.78 is 11.9. The molecule has 0 spiro atoms. The number of nitrogens with zero attached hydrogens (tertiary/aromatic N) is 8. The molecule has 7 heterocycles. The standard InChI is InChI=1S/C54H34N4.C52H32N4S/c1-3-14-36(15-4-1)48-34-49(37-16-5-2-6-17-37)56-54(55-48)58-51-22-12-10-20-45(51)47-33-39(26-30-53(47)58)38-25-29-52-46(32-38)44-19-9-11-21-50(44)57(52)41-27-28-43-40(31-41)24-23-35-13-7-8-18-42(35)43;1-3-13-33(14-4-1)44-32-45(34-15-5-2-6-16-34)54-52(53-44)56-47-21-11-8-18-39(47)42-30-36(24-27-49(42)56)35-23-26-48-41(29-35)38-17-7-10-20-46(38)55(48)37-25-28-51-43(31-37)40-19-9-12-22-50(40)57-51/h1-34H;1-32H. The molecule has 9 heteroatoms. The molecule has 0 radical (unpaired) electrons. The molecule has 0 unspecified atom stereocenters. The van der Waals surface area contributed by atoms with Crippen molar-refractivity contribution in [2.24, 2.45) is 0 Å². The van der Waals surface area contributed by atoms with Crippen LogP contribution in [0.1, 0.15) is 0 Å². The maximum absolute atomic E-state index is 5.22. The molecule has 24 rings (SSSR count). The number of benzene rings is 17. The van der Waals surface area contributed by atoms with E-state index in [1.807, 2.05) is 35.6 Å². The number of hydrogen-bond donors (Lipinski definition) is 0. The lowest BCUT2D eigenvalue weighted by Crippen LogP contribution is -2.03. The summed E-state index contributed by atoms with van der Waals surface area (Å²) >= 11 is 1.86. The van der Waals surface area contributed by atoms with Crippen LogP contribution in [0.15, 0.2) is 400 Å². The van der Waals surface area contributed by atoms with E-state index in [1.165, 1.54) is 113 Å². The van der Waals surface area contributed by atoms with Crippen LogP contribution in [0, 0.1) is 0 Å². The average molecular weight is 1480 g/mol. The van der Waals surface area contributed by atoms with Crippen LogP contribution >= 0.6 is 11.3 Å². The van der Waals surface area contributed by atoms with Crippen molar-refractivity contribution in [1.29, 1.82) is 0 Å². The first kappa shape index (κ1) is 65.7. The lowest BCUT2D eigenvalue weighted by atomic mass is 10.0. The minimum absolute atomic E-state index is 0.648. The lowest BCUT2D eigenvalue weighted by molar-refractivity contribution is 0.995. The maximum atomic E-state index is 5.22. The second-order valence-corrected chi connectivity index (χ2v) is 30.7. The Morgan fingerprint density at radius 3 is 0.896 bits per heavy atom. The smallest absolute Gasteiger partial charge is 0.235 e. The van der Waals surface area contributed by atoms with E-state index in [2.05, 4.69) is 394 Å². The Kier molecular flexibility index (Phi) is 15.3. The molecule has 0 atom stereocenters. The normalized spacial score (nSPS) is 11.8. The van der Waals surface area contributed by atoms with Crippen molar-refractivity contribution in [2.75, 3.05) is 0 Å². The summed E-state index contributed by atoms with van der Waals surface area (Å²) in [5, 5.41) is 17.3.